The van der Waals surface area contributed by atoms with Crippen molar-refractivity contribution in [1.82, 2.24) is 0 Å². The molecule has 2 saturated carbocycles. The van der Waals surface area contributed by atoms with Crippen LogP contribution in [0.25, 0.3) is 0 Å². The van der Waals surface area contributed by atoms with E-state index in [9.17, 15) is 9.90 Å². The van der Waals surface area contributed by atoms with E-state index < -0.39 is 11.6 Å². The minimum absolute atomic E-state index is 0.0692. The summed E-state index contributed by atoms with van der Waals surface area (Å²) in [5.74, 6) is -0.334. The molecule has 0 aromatic heterocycles. The van der Waals surface area contributed by atoms with Crippen molar-refractivity contribution in [2.45, 2.75) is 71.0 Å². The SMILES string of the molecule is CC1CC(C)(C)CC(OC2CCC2)(C(=O)O)C1. The Bertz CT molecular complexity index is 307. The third-order valence-corrected chi connectivity index (χ3v) is 4.18. The van der Waals surface area contributed by atoms with Gasteiger partial charge in [-0.25, -0.2) is 4.79 Å². The first-order valence-electron chi connectivity index (χ1n) is 6.74. The molecule has 0 aliphatic heterocycles. The Balaban J connectivity index is 2.16. The summed E-state index contributed by atoms with van der Waals surface area (Å²) in [5, 5.41) is 9.58. The maximum atomic E-state index is 11.7. The van der Waals surface area contributed by atoms with E-state index in [1.807, 2.05) is 0 Å². The summed E-state index contributed by atoms with van der Waals surface area (Å²) in [5.41, 5.74) is -0.855. The van der Waals surface area contributed by atoms with Crippen molar-refractivity contribution < 1.29 is 14.6 Å². The van der Waals surface area contributed by atoms with Gasteiger partial charge < -0.3 is 9.84 Å². The van der Waals surface area contributed by atoms with Crippen LogP contribution in [0.15, 0.2) is 0 Å². The normalized spacial score (nSPS) is 37.5. The zero-order valence-electron chi connectivity index (χ0n) is 11.2. The average Bonchev–Trinajstić information content (AvgIpc) is 2.08. The number of hydrogen-bond acceptors (Lipinski definition) is 2. The van der Waals surface area contributed by atoms with E-state index in [-0.39, 0.29) is 11.5 Å². The Labute approximate surface area is 104 Å². The first-order valence-corrected chi connectivity index (χ1v) is 6.74. The zero-order chi connectivity index (χ0) is 12.7. The number of ether oxygens (including phenoxy) is 1. The summed E-state index contributed by atoms with van der Waals surface area (Å²) < 4.78 is 5.98. The van der Waals surface area contributed by atoms with Crippen LogP contribution < -0.4 is 0 Å². The zero-order valence-corrected chi connectivity index (χ0v) is 11.2. The lowest BCUT2D eigenvalue weighted by molar-refractivity contribution is -0.198. The van der Waals surface area contributed by atoms with Gasteiger partial charge in [0.2, 0.25) is 0 Å². The van der Waals surface area contributed by atoms with E-state index in [4.69, 9.17) is 4.74 Å². The van der Waals surface area contributed by atoms with E-state index in [0.717, 1.165) is 19.3 Å². The van der Waals surface area contributed by atoms with Crippen molar-refractivity contribution >= 4 is 5.97 Å². The third kappa shape index (κ3) is 2.65. The molecular weight excluding hydrogens is 216 g/mol. The molecule has 0 heterocycles. The van der Waals surface area contributed by atoms with Gasteiger partial charge in [0, 0.05) is 0 Å². The fourth-order valence-electron chi connectivity index (χ4n) is 3.61. The monoisotopic (exact) mass is 240 g/mol. The molecule has 17 heavy (non-hydrogen) atoms. The molecular formula is C14H24O3. The van der Waals surface area contributed by atoms with Gasteiger partial charge in [-0.05, 0) is 49.9 Å². The van der Waals surface area contributed by atoms with Gasteiger partial charge >= 0.3 is 5.97 Å². The quantitative estimate of drug-likeness (QED) is 0.823. The Hall–Kier alpha value is -0.570. The Morgan fingerprint density at radius 3 is 2.35 bits per heavy atom. The lowest BCUT2D eigenvalue weighted by atomic mass is 9.65. The predicted molar refractivity (Wildman–Crippen MR) is 65.9 cm³/mol. The van der Waals surface area contributed by atoms with Crippen molar-refractivity contribution in [3.63, 3.8) is 0 Å². The van der Waals surface area contributed by atoms with Crippen LogP contribution in [-0.4, -0.2) is 22.8 Å². The van der Waals surface area contributed by atoms with Gasteiger partial charge in [0.15, 0.2) is 5.60 Å². The molecule has 0 aromatic carbocycles. The van der Waals surface area contributed by atoms with Crippen molar-refractivity contribution in [3.05, 3.63) is 0 Å². The number of carbonyl (C=O) groups is 1. The Kier molecular flexibility index (Phi) is 3.23. The van der Waals surface area contributed by atoms with Gasteiger partial charge in [0.1, 0.15) is 0 Å². The second-order valence-corrected chi connectivity index (χ2v) is 6.82. The first kappa shape index (κ1) is 12.9. The van der Waals surface area contributed by atoms with Crippen LogP contribution in [-0.2, 0) is 9.53 Å². The molecule has 98 valence electrons. The average molecular weight is 240 g/mol. The van der Waals surface area contributed by atoms with Crippen LogP contribution in [0.5, 0.6) is 0 Å². The fourth-order valence-corrected chi connectivity index (χ4v) is 3.61. The van der Waals surface area contributed by atoms with Gasteiger partial charge in [-0.1, -0.05) is 20.8 Å². The molecule has 2 fully saturated rings. The van der Waals surface area contributed by atoms with Gasteiger partial charge in [-0.15, -0.1) is 0 Å². The maximum Gasteiger partial charge on any atom is 0.336 e. The van der Waals surface area contributed by atoms with Crippen LogP contribution in [0.3, 0.4) is 0 Å². The number of carboxylic acids is 1. The topological polar surface area (TPSA) is 46.5 Å². The lowest BCUT2D eigenvalue weighted by Gasteiger charge is -2.47. The molecule has 0 aromatic rings. The van der Waals surface area contributed by atoms with Gasteiger partial charge in [-0.3, -0.25) is 0 Å². The highest BCUT2D eigenvalue weighted by Gasteiger charge is 2.50. The smallest absolute Gasteiger partial charge is 0.336 e. The van der Waals surface area contributed by atoms with Crippen LogP contribution in [0.2, 0.25) is 0 Å². The van der Waals surface area contributed by atoms with E-state index in [1.165, 1.54) is 6.42 Å². The molecule has 3 nitrogen and oxygen atoms in total. The molecule has 0 bridgehead atoms. The maximum absolute atomic E-state index is 11.7. The summed E-state index contributed by atoms with van der Waals surface area (Å²) in [6.07, 6.45) is 5.84. The number of aliphatic carboxylic acids is 1. The van der Waals surface area contributed by atoms with Crippen molar-refractivity contribution in [3.8, 4) is 0 Å². The highest BCUT2D eigenvalue weighted by molar-refractivity contribution is 5.77. The Morgan fingerprint density at radius 2 is 1.94 bits per heavy atom. The highest BCUT2D eigenvalue weighted by atomic mass is 16.5. The molecule has 2 aliphatic rings. The molecule has 2 atom stereocenters. The standard InChI is InChI=1S/C14H24O3/c1-10-7-13(2,3)9-14(8-10,12(15)16)17-11-5-4-6-11/h10-11H,4-9H2,1-3H3,(H,15,16). The van der Waals surface area contributed by atoms with Crippen LogP contribution >= 0.6 is 0 Å². The van der Waals surface area contributed by atoms with Crippen LogP contribution in [0.4, 0.5) is 0 Å². The molecule has 2 rings (SSSR count). The number of hydrogen-bond donors (Lipinski definition) is 1. The van der Waals surface area contributed by atoms with Gasteiger partial charge in [0.05, 0.1) is 6.10 Å². The van der Waals surface area contributed by atoms with Crippen LogP contribution in [0.1, 0.15) is 59.3 Å². The van der Waals surface area contributed by atoms with E-state index >= 15 is 0 Å². The molecule has 2 unspecified atom stereocenters. The molecule has 0 amide bonds. The molecule has 1 N–H and O–H groups in total. The molecule has 3 heteroatoms. The summed E-state index contributed by atoms with van der Waals surface area (Å²) in [6.45, 7) is 6.46. The molecule has 0 radical (unpaired) electrons. The predicted octanol–water partition coefficient (Wildman–Crippen LogP) is 3.23. The van der Waals surface area contributed by atoms with E-state index in [1.54, 1.807) is 0 Å². The largest absolute Gasteiger partial charge is 0.479 e. The molecule has 2 aliphatic carbocycles. The Morgan fingerprint density at radius 1 is 1.29 bits per heavy atom. The van der Waals surface area contributed by atoms with Crippen molar-refractivity contribution in [2.24, 2.45) is 11.3 Å². The third-order valence-electron chi connectivity index (χ3n) is 4.18. The van der Waals surface area contributed by atoms with Gasteiger partial charge in [-0.2, -0.15) is 0 Å². The summed E-state index contributed by atoms with van der Waals surface area (Å²) in [7, 11) is 0. The van der Waals surface area contributed by atoms with Gasteiger partial charge in [0.25, 0.3) is 0 Å². The van der Waals surface area contributed by atoms with Crippen molar-refractivity contribution in [1.29, 1.82) is 0 Å². The fraction of sp³-hybridized carbons (Fsp3) is 0.929. The second kappa shape index (κ2) is 4.27. The minimum atomic E-state index is -0.924. The van der Waals surface area contributed by atoms with Crippen molar-refractivity contribution in [2.75, 3.05) is 0 Å². The molecule has 0 saturated heterocycles. The summed E-state index contributed by atoms with van der Waals surface area (Å²) in [6, 6.07) is 0. The van der Waals surface area contributed by atoms with Crippen LogP contribution in [0, 0.1) is 11.3 Å². The first-order chi connectivity index (χ1) is 7.83. The summed E-state index contributed by atoms with van der Waals surface area (Å²) in [4.78, 5) is 11.7. The molecule has 0 spiro atoms. The minimum Gasteiger partial charge on any atom is -0.479 e. The van der Waals surface area contributed by atoms with E-state index in [0.29, 0.717) is 18.8 Å². The highest BCUT2D eigenvalue weighted by Crippen LogP contribution is 2.47. The second-order valence-electron chi connectivity index (χ2n) is 6.82. The number of rotatable bonds is 3. The summed E-state index contributed by atoms with van der Waals surface area (Å²) >= 11 is 0. The lowest BCUT2D eigenvalue weighted by Crippen LogP contribution is -2.52. The van der Waals surface area contributed by atoms with E-state index in [2.05, 4.69) is 20.8 Å². The number of carboxylic acid groups (broad SMARTS) is 1.